The predicted molar refractivity (Wildman–Crippen MR) is 139 cm³/mol. The molecule has 0 fully saturated rings. The number of rotatable bonds is 5. The Kier molecular flexibility index (Phi) is 6.77. The summed E-state index contributed by atoms with van der Waals surface area (Å²) < 4.78 is 7.28. The van der Waals surface area contributed by atoms with Gasteiger partial charge in [0.2, 0.25) is 0 Å². The number of nitrogens with one attached hydrogen (secondary N) is 2. The van der Waals surface area contributed by atoms with Crippen molar-refractivity contribution >= 4 is 34.1 Å². The number of anilines is 1. The highest BCUT2D eigenvalue weighted by molar-refractivity contribution is 5.91. The molecule has 2 N–H and O–H groups in total. The van der Waals surface area contributed by atoms with Crippen LogP contribution >= 0.6 is 0 Å². The van der Waals surface area contributed by atoms with Gasteiger partial charge >= 0.3 is 6.09 Å². The van der Waals surface area contributed by atoms with E-state index in [4.69, 9.17) is 4.74 Å². The number of amides is 1. The number of H-pyrrole nitrogens is 1. The standard InChI is InChI=1S/C26H33N7O2/c1-7-18(21-10-11-32(6)31-21)14-17(2)29-23-20-15-22(30-24(20)28-16-27-23)19-8-12-33(13-9-19)25(34)35-26(3,4)5/h7-8,10-11,14-16H,9,12-13H2,1-6H3,(H2,27,28,29,30)/b17-14+,18-7+. The summed E-state index contributed by atoms with van der Waals surface area (Å²) in [6.45, 7) is 10.7. The molecule has 0 atom stereocenters. The summed E-state index contributed by atoms with van der Waals surface area (Å²) in [5, 5.41) is 8.81. The number of carbonyl (C=O) groups is 1. The zero-order chi connectivity index (χ0) is 25.2. The molecule has 4 rings (SSSR count). The Labute approximate surface area is 205 Å². The highest BCUT2D eigenvalue weighted by atomic mass is 16.6. The third-order valence-corrected chi connectivity index (χ3v) is 5.64. The second-order valence-electron chi connectivity index (χ2n) is 9.64. The van der Waals surface area contributed by atoms with Crippen molar-refractivity contribution in [3.63, 3.8) is 0 Å². The molecule has 35 heavy (non-hydrogen) atoms. The second-order valence-corrected chi connectivity index (χ2v) is 9.64. The molecule has 0 saturated carbocycles. The van der Waals surface area contributed by atoms with Gasteiger partial charge in [-0.3, -0.25) is 4.68 Å². The van der Waals surface area contributed by atoms with E-state index in [0.29, 0.717) is 13.1 Å². The monoisotopic (exact) mass is 475 g/mol. The van der Waals surface area contributed by atoms with Gasteiger partial charge in [0.25, 0.3) is 0 Å². The number of aromatic amines is 1. The van der Waals surface area contributed by atoms with Gasteiger partial charge in [0.15, 0.2) is 0 Å². The molecule has 4 heterocycles. The van der Waals surface area contributed by atoms with Gasteiger partial charge in [0.05, 0.1) is 11.1 Å². The normalized spacial score (nSPS) is 15.4. The number of carbonyl (C=O) groups excluding carboxylic acids is 1. The van der Waals surface area contributed by atoms with E-state index in [1.54, 1.807) is 15.9 Å². The first-order valence-corrected chi connectivity index (χ1v) is 11.8. The van der Waals surface area contributed by atoms with Crippen LogP contribution in [0.1, 0.15) is 52.4 Å². The van der Waals surface area contributed by atoms with Crippen LogP contribution in [0.5, 0.6) is 0 Å². The molecule has 0 bridgehead atoms. The van der Waals surface area contributed by atoms with Crippen LogP contribution < -0.4 is 5.32 Å². The fourth-order valence-electron chi connectivity index (χ4n) is 3.95. The van der Waals surface area contributed by atoms with Crippen molar-refractivity contribution in [3.8, 4) is 0 Å². The van der Waals surface area contributed by atoms with Crippen LogP contribution in [0.15, 0.2) is 48.6 Å². The summed E-state index contributed by atoms with van der Waals surface area (Å²) in [6.07, 6.45) is 10.1. The van der Waals surface area contributed by atoms with Gasteiger partial charge in [0, 0.05) is 37.7 Å². The molecule has 3 aromatic heterocycles. The first kappa shape index (κ1) is 24.3. The lowest BCUT2D eigenvalue weighted by Gasteiger charge is -2.29. The maximum absolute atomic E-state index is 12.4. The number of aryl methyl sites for hydroxylation is 1. The number of allylic oxidation sites excluding steroid dienone is 4. The maximum atomic E-state index is 12.4. The van der Waals surface area contributed by atoms with E-state index in [2.05, 4.69) is 43.6 Å². The van der Waals surface area contributed by atoms with Gasteiger partial charge in [0.1, 0.15) is 23.4 Å². The highest BCUT2D eigenvalue weighted by Crippen LogP contribution is 2.29. The van der Waals surface area contributed by atoms with Gasteiger partial charge in [-0.25, -0.2) is 14.8 Å². The molecule has 0 spiro atoms. The molecule has 9 heteroatoms. The van der Waals surface area contributed by atoms with E-state index in [1.807, 2.05) is 60.0 Å². The van der Waals surface area contributed by atoms with Crippen molar-refractivity contribution in [1.82, 2.24) is 29.6 Å². The fourth-order valence-corrected chi connectivity index (χ4v) is 3.95. The van der Waals surface area contributed by atoms with E-state index in [-0.39, 0.29) is 6.09 Å². The third kappa shape index (κ3) is 5.79. The van der Waals surface area contributed by atoms with Crippen LogP contribution in [-0.2, 0) is 11.8 Å². The van der Waals surface area contributed by atoms with Crippen molar-refractivity contribution in [1.29, 1.82) is 0 Å². The lowest BCUT2D eigenvalue weighted by molar-refractivity contribution is 0.0270. The van der Waals surface area contributed by atoms with Crippen LogP contribution in [0.4, 0.5) is 10.6 Å². The zero-order valence-corrected chi connectivity index (χ0v) is 21.2. The number of aromatic nitrogens is 5. The Bertz CT molecular complexity index is 1320. The molecule has 1 aliphatic rings. The fraction of sp³-hybridized carbons (Fsp3) is 0.385. The van der Waals surface area contributed by atoms with E-state index < -0.39 is 5.60 Å². The SMILES string of the molecule is C/C=C(\C=C(/C)Nc1ncnc2[nH]c(C3=CCN(C(=O)OC(C)(C)C)CC3)cc12)c1ccn(C)n1. The van der Waals surface area contributed by atoms with Crippen LogP contribution in [0.2, 0.25) is 0 Å². The number of nitrogens with zero attached hydrogens (tertiary/aromatic N) is 5. The average Bonchev–Trinajstić information content (AvgIpc) is 3.43. The van der Waals surface area contributed by atoms with Crippen molar-refractivity contribution < 1.29 is 9.53 Å². The van der Waals surface area contributed by atoms with Crippen LogP contribution in [0.3, 0.4) is 0 Å². The Balaban J connectivity index is 1.51. The molecule has 0 saturated heterocycles. The molecule has 184 valence electrons. The van der Waals surface area contributed by atoms with Gasteiger partial charge in [-0.1, -0.05) is 12.2 Å². The molecule has 0 unspecified atom stereocenters. The summed E-state index contributed by atoms with van der Waals surface area (Å²) in [5.41, 5.74) is 5.27. The molecular formula is C26H33N7O2. The molecule has 9 nitrogen and oxygen atoms in total. The molecule has 0 radical (unpaired) electrons. The second kappa shape index (κ2) is 9.77. The minimum absolute atomic E-state index is 0.282. The summed E-state index contributed by atoms with van der Waals surface area (Å²) in [7, 11) is 1.91. The Hall–Kier alpha value is -3.88. The van der Waals surface area contributed by atoms with Crippen LogP contribution in [0.25, 0.3) is 22.2 Å². The first-order chi connectivity index (χ1) is 16.6. The van der Waals surface area contributed by atoms with Gasteiger partial charge in [-0.2, -0.15) is 5.10 Å². The van der Waals surface area contributed by atoms with E-state index in [9.17, 15) is 4.79 Å². The topological polar surface area (TPSA) is 101 Å². The molecule has 1 amide bonds. The van der Waals surface area contributed by atoms with Crippen molar-refractivity contribution in [2.45, 2.75) is 46.6 Å². The Morgan fingerprint density at radius 2 is 2.09 bits per heavy atom. The molecule has 0 aromatic carbocycles. The molecule has 0 aliphatic carbocycles. The first-order valence-electron chi connectivity index (χ1n) is 11.8. The van der Waals surface area contributed by atoms with Gasteiger partial charge in [-0.05, 0) is 70.4 Å². The average molecular weight is 476 g/mol. The van der Waals surface area contributed by atoms with Gasteiger partial charge in [-0.15, -0.1) is 0 Å². The summed E-state index contributed by atoms with van der Waals surface area (Å²) >= 11 is 0. The minimum atomic E-state index is -0.502. The highest BCUT2D eigenvalue weighted by Gasteiger charge is 2.24. The van der Waals surface area contributed by atoms with Crippen molar-refractivity contribution in [2.24, 2.45) is 7.05 Å². The molecule has 1 aliphatic heterocycles. The van der Waals surface area contributed by atoms with E-state index in [1.165, 1.54) is 0 Å². The van der Waals surface area contributed by atoms with Gasteiger partial charge < -0.3 is 19.9 Å². The Morgan fingerprint density at radius 1 is 1.29 bits per heavy atom. The zero-order valence-electron chi connectivity index (χ0n) is 21.2. The van der Waals surface area contributed by atoms with E-state index >= 15 is 0 Å². The van der Waals surface area contributed by atoms with Crippen LogP contribution in [-0.4, -0.2) is 54.4 Å². The number of ether oxygens (including phenoxy) is 1. The maximum Gasteiger partial charge on any atom is 0.410 e. The summed E-state index contributed by atoms with van der Waals surface area (Å²) in [6, 6.07) is 4.05. The third-order valence-electron chi connectivity index (χ3n) is 5.64. The summed E-state index contributed by atoms with van der Waals surface area (Å²) in [4.78, 5) is 26.4. The minimum Gasteiger partial charge on any atom is -0.444 e. The van der Waals surface area contributed by atoms with Crippen molar-refractivity contribution in [2.75, 3.05) is 18.4 Å². The quantitative estimate of drug-likeness (QED) is 0.496. The van der Waals surface area contributed by atoms with Crippen LogP contribution in [0, 0.1) is 0 Å². The molecule has 3 aromatic rings. The smallest absolute Gasteiger partial charge is 0.410 e. The Morgan fingerprint density at radius 3 is 2.71 bits per heavy atom. The number of hydrogen-bond acceptors (Lipinski definition) is 6. The van der Waals surface area contributed by atoms with Crippen molar-refractivity contribution in [3.05, 3.63) is 60.0 Å². The largest absolute Gasteiger partial charge is 0.444 e. The van der Waals surface area contributed by atoms with E-state index in [0.717, 1.165) is 51.5 Å². The number of fused-ring (bicyclic) bond motifs is 1. The summed E-state index contributed by atoms with van der Waals surface area (Å²) in [5.74, 6) is 0.731. The predicted octanol–water partition coefficient (Wildman–Crippen LogP) is 5.13. The number of hydrogen-bond donors (Lipinski definition) is 2. The lowest BCUT2D eigenvalue weighted by atomic mass is 10.1. The molecular weight excluding hydrogens is 442 g/mol. The lowest BCUT2D eigenvalue weighted by Crippen LogP contribution is -2.39.